The molecule has 0 N–H and O–H groups in total. The summed E-state index contributed by atoms with van der Waals surface area (Å²) in [5.74, 6) is 0.449. The van der Waals surface area contributed by atoms with Crippen LogP contribution in [0.5, 0.6) is 5.75 Å². The normalized spacial score (nSPS) is 23.0. The Labute approximate surface area is 204 Å². The van der Waals surface area contributed by atoms with Crippen LogP contribution in [0.3, 0.4) is 0 Å². The highest BCUT2D eigenvalue weighted by Crippen LogP contribution is 2.36. The van der Waals surface area contributed by atoms with Gasteiger partial charge in [0.2, 0.25) is 5.78 Å². The zero-order valence-corrected chi connectivity index (χ0v) is 21.3. The van der Waals surface area contributed by atoms with Gasteiger partial charge in [-0.15, -0.1) is 11.3 Å². The van der Waals surface area contributed by atoms with Crippen LogP contribution in [0.25, 0.3) is 0 Å². The molecule has 3 heterocycles. The molecule has 184 valence electrons. The van der Waals surface area contributed by atoms with E-state index in [-0.39, 0.29) is 30.1 Å². The standard InChI is InChI=1S/C25H33N3O5S/c1-6-32-19-11-17-12-28(24(30)33-25(2,3)4)21(14-27(17)13-19)23-26-20(15-34-23)22(29)16-8-7-9-18(10-16)31-5/h7-10,15,17,19,21H,6,11-14H2,1-5H3/t17-,19-,21+/m1/s1. The monoisotopic (exact) mass is 487 g/mol. The van der Waals surface area contributed by atoms with E-state index in [0.717, 1.165) is 18.0 Å². The fraction of sp³-hybridized carbons (Fsp3) is 0.560. The lowest BCUT2D eigenvalue weighted by atomic mass is 10.1. The quantitative estimate of drug-likeness (QED) is 0.566. The number of nitrogens with zero attached hydrogens (tertiary/aromatic N) is 3. The summed E-state index contributed by atoms with van der Waals surface area (Å²) in [5, 5.41) is 2.50. The highest BCUT2D eigenvalue weighted by atomic mass is 32.1. The van der Waals surface area contributed by atoms with E-state index >= 15 is 0 Å². The van der Waals surface area contributed by atoms with Crippen molar-refractivity contribution in [3.8, 4) is 5.75 Å². The Balaban J connectivity index is 1.59. The molecule has 9 heteroatoms. The lowest BCUT2D eigenvalue weighted by Gasteiger charge is -2.42. The van der Waals surface area contributed by atoms with Crippen molar-refractivity contribution in [2.75, 3.05) is 33.4 Å². The number of methoxy groups -OCH3 is 1. The van der Waals surface area contributed by atoms with Crippen molar-refractivity contribution < 1.29 is 23.8 Å². The molecule has 0 saturated carbocycles. The number of hydrogen-bond acceptors (Lipinski definition) is 8. The number of hydrogen-bond donors (Lipinski definition) is 0. The number of carbonyl (C=O) groups is 2. The predicted molar refractivity (Wildman–Crippen MR) is 130 cm³/mol. The summed E-state index contributed by atoms with van der Waals surface area (Å²) < 4.78 is 16.8. The average Bonchev–Trinajstić information content (AvgIpc) is 3.43. The van der Waals surface area contributed by atoms with Crippen molar-refractivity contribution in [2.24, 2.45) is 0 Å². The summed E-state index contributed by atoms with van der Waals surface area (Å²) in [5.41, 5.74) is 0.287. The van der Waals surface area contributed by atoms with Crippen molar-refractivity contribution >= 4 is 23.2 Å². The first-order valence-corrected chi connectivity index (χ1v) is 12.6. The predicted octanol–water partition coefficient (Wildman–Crippen LogP) is 4.15. The van der Waals surface area contributed by atoms with Crippen LogP contribution in [-0.4, -0.2) is 77.8 Å². The summed E-state index contributed by atoms with van der Waals surface area (Å²) in [6.45, 7) is 10.3. The second kappa shape index (κ2) is 10.0. The molecule has 2 aliphatic heterocycles. The Kier molecular flexibility index (Phi) is 7.25. The van der Waals surface area contributed by atoms with E-state index in [1.165, 1.54) is 11.3 Å². The zero-order valence-electron chi connectivity index (χ0n) is 20.4. The molecule has 8 nitrogen and oxygen atoms in total. The van der Waals surface area contributed by atoms with Gasteiger partial charge in [0, 0.05) is 43.2 Å². The van der Waals surface area contributed by atoms with Crippen LogP contribution >= 0.6 is 11.3 Å². The van der Waals surface area contributed by atoms with Gasteiger partial charge in [0.05, 0.1) is 19.3 Å². The third-order valence-corrected chi connectivity index (χ3v) is 7.03. The number of thiazole rings is 1. The lowest BCUT2D eigenvalue weighted by molar-refractivity contribution is -0.00960. The summed E-state index contributed by atoms with van der Waals surface area (Å²) >= 11 is 1.40. The van der Waals surface area contributed by atoms with Gasteiger partial charge in [-0.3, -0.25) is 14.6 Å². The zero-order chi connectivity index (χ0) is 24.5. The highest BCUT2D eigenvalue weighted by molar-refractivity contribution is 7.10. The number of rotatable bonds is 6. The fourth-order valence-corrected chi connectivity index (χ4v) is 5.48. The fourth-order valence-electron chi connectivity index (χ4n) is 4.57. The van der Waals surface area contributed by atoms with Gasteiger partial charge in [-0.25, -0.2) is 9.78 Å². The Morgan fingerprint density at radius 1 is 1.21 bits per heavy atom. The van der Waals surface area contributed by atoms with E-state index in [2.05, 4.69) is 9.88 Å². The summed E-state index contributed by atoms with van der Waals surface area (Å²) in [6.07, 6.45) is 0.695. The third kappa shape index (κ3) is 5.42. The van der Waals surface area contributed by atoms with Gasteiger partial charge < -0.3 is 14.2 Å². The number of aromatic nitrogens is 1. The Morgan fingerprint density at radius 2 is 2.00 bits per heavy atom. The minimum absolute atomic E-state index is 0.163. The first-order chi connectivity index (χ1) is 16.2. The van der Waals surface area contributed by atoms with Gasteiger partial charge in [-0.1, -0.05) is 12.1 Å². The van der Waals surface area contributed by atoms with Crippen molar-refractivity contribution in [1.29, 1.82) is 0 Å². The van der Waals surface area contributed by atoms with Gasteiger partial charge >= 0.3 is 6.09 Å². The molecule has 0 spiro atoms. The number of ether oxygens (including phenoxy) is 3. The first-order valence-electron chi connectivity index (χ1n) is 11.7. The molecule has 1 aromatic heterocycles. The molecule has 4 rings (SSSR count). The van der Waals surface area contributed by atoms with Gasteiger partial charge in [-0.2, -0.15) is 0 Å². The van der Waals surface area contributed by atoms with E-state index in [1.807, 2.05) is 27.7 Å². The molecule has 0 bridgehead atoms. The largest absolute Gasteiger partial charge is 0.497 e. The van der Waals surface area contributed by atoms with E-state index in [9.17, 15) is 9.59 Å². The van der Waals surface area contributed by atoms with Crippen molar-refractivity contribution in [3.05, 3.63) is 45.9 Å². The number of carbonyl (C=O) groups excluding carboxylic acids is 2. The molecule has 0 unspecified atom stereocenters. The van der Waals surface area contributed by atoms with Crippen LogP contribution in [0.4, 0.5) is 4.79 Å². The Bertz CT molecular complexity index is 1030. The number of piperazine rings is 1. The maximum absolute atomic E-state index is 13.2. The Morgan fingerprint density at radius 3 is 2.71 bits per heavy atom. The molecular formula is C25H33N3O5S. The molecule has 2 aliphatic rings. The van der Waals surface area contributed by atoms with Crippen molar-refractivity contribution in [2.45, 2.75) is 57.9 Å². The molecule has 2 aromatic rings. The highest BCUT2D eigenvalue weighted by Gasteiger charge is 2.44. The molecule has 1 aromatic carbocycles. The number of amides is 1. The minimum Gasteiger partial charge on any atom is -0.497 e. The van der Waals surface area contributed by atoms with E-state index in [4.69, 9.17) is 14.2 Å². The number of ketones is 1. The first kappa shape index (κ1) is 24.6. The second-order valence-corrected chi connectivity index (χ2v) is 10.6. The van der Waals surface area contributed by atoms with Crippen LogP contribution < -0.4 is 4.74 Å². The molecule has 34 heavy (non-hydrogen) atoms. The molecule has 3 atom stereocenters. The average molecular weight is 488 g/mol. The van der Waals surface area contributed by atoms with E-state index in [1.54, 1.807) is 41.7 Å². The minimum atomic E-state index is -0.599. The maximum atomic E-state index is 13.2. The van der Waals surface area contributed by atoms with Crippen LogP contribution in [0.1, 0.15) is 61.2 Å². The molecule has 0 radical (unpaired) electrons. The van der Waals surface area contributed by atoms with Gasteiger partial charge in [0.15, 0.2) is 0 Å². The molecular weight excluding hydrogens is 454 g/mol. The summed E-state index contributed by atoms with van der Waals surface area (Å²) in [4.78, 5) is 35.1. The van der Waals surface area contributed by atoms with Gasteiger partial charge in [0.25, 0.3) is 0 Å². The number of fused-ring (bicyclic) bond motifs is 1. The van der Waals surface area contributed by atoms with E-state index in [0.29, 0.717) is 36.7 Å². The van der Waals surface area contributed by atoms with Crippen LogP contribution in [0.15, 0.2) is 29.6 Å². The Hall–Kier alpha value is -2.49. The SMILES string of the molecule is CCO[C@@H]1C[C@@H]2CN(C(=O)OC(C)(C)C)[C@H](c3nc(C(=O)c4cccc(OC)c4)cs3)CN2C1. The molecule has 2 saturated heterocycles. The lowest BCUT2D eigenvalue weighted by Crippen LogP contribution is -2.54. The van der Waals surface area contributed by atoms with Gasteiger partial charge in [0.1, 0.15) is 22.1 Å². The summed E-state index contributed by atoms with van der Waals surface area (Å²) in [7, 11) is 1.57. The third-order valence-electron chi connectivity index (χ3n) is 6.08. The van der Waals surface area contributed by atoms with Crippen LogP contribution in [0, 0.1) is 0 Å². The topological polar surface area (TPSA) is 81.2 Å². The second-order valence-electron chi connectivity index (χ2n) is 9.70. The maximum Gasteiger partial charge on any atom is 0.410 e. The van der Waals surface area contributed by atoms with Crippen molar-refractivity contribution in [3.63, 3.8) is 0 Å². The molecule has 2 fully saturated rings. The smallest absolute Gasteiger partial charge is 0.410 e. The molecule has 0 aliphatic carbocycles. The number of benzene rings is 1. The molecule has 1 amide bonds. The van der Waals surface area contributed by atoms with Crippen LogP contribution in [-0.2, 0) is 9.47 Å². The van der Waals surface area contributed by atoms with Crippen LogP contribution in [0.2, 0.25) is 0 Å². The summed E-state index contributed by atoms with van der Waals surface area (Å²) in [6, 6.07) is 6.97. The van der Waals surface area contributed by atoms with E-state index < -0.39 is 5.60 Å². The van der Waals surface area contributed by atoms with Crippen molar-refractivity contribution in [1.82, 2.24) is 14.8 Å². The van der Waals surface area contributed by atoms with Gasteiger partial charge in [-0.05, 0) is 46.2 Å².